The zero-order chi connectivity index (χ0) is 60.5. The molecule has 5 nitrogen and oxygen atoms in total. The van der Waals surface area contributed by atoms with Crippen LogP contribution in [0.3, 0.4) is 0 Å². The Labute approximate surface area is 443 Å². The summed E-state index contributed by atoms with van der Waals surface area (Å²) in [6.07, 6.45) is -0.686. The number of nitrogens with zero attached hydrogens (tertiary/aromatic N) is 4. The molecule has 0 fully saturated rings. The van der Waals surface area contributed by atoms with Crippen LogP contribution in [0.25, 0.3) is 61.0 Å². The molecule has 0 radical (unpaired) electrons. The van der Waals surface area contributed by atoms with E-state index in [-0.39, 0.29) is 83.5 Å². The third-order valence-corrected chi connectivity index (χ3v) is 12.1. The molecule has 1 aliphatic heterocycles. The molecule has 8 aromatic carbocycles. The molecule has 0 aliphatic carbocycles. The maximum atomic E-state index is 9.23. The molecular formula is C63H53N4OPt-3. The molecule has 6 heteroatoms. The first-order chi connectivity index (χ1) is 39.5. The summed E-state index contributed by atoms with van der Waals surface area (Å²) < 4.78 is 146. The minimum absolute atomic E-state index is 0. The van der Waals surface area contributed by atoms with Crippen molar-refractivity contribution in [2.45, 2.75) is 59.2 Å². The summed E-state index contributed by atoms with van der Waals surface area (Å²) in [5, 5.41) is 0.887. The monoisotopic (exact) mass is 1090 g/mol. The summed E-state index contributed by atoms with van der Waals surface area (Å²) in [6, 6.07) is 33.9. The molecule has 0 saturated heterocycles. The fourth-order valence-electron chi connectivity index (χ4n) is 8.68. The third-order valence-electron chi connectivity index (χ3n) is 12.1. The molecule has 11 rings (SSSR count). The van der Waals surface area contributed by atoms with E-state index >= 15 is 0 Å². The van der Waals surface area contributed by atoms with Crippen LogP contribution in [0.2, 0.25) is 0 Å². The Morgan fingerprint density at radius 1 is 0.594 bits per heavy atom. The van der Waals surface area contributed by atoms with E-state index in [1.807, 2.05) is 58.9 Å². The quantitative estimate of drug-likeness (QED) is 0.142. The van der Waals surface area contributed by atoms with Crippen LogP contribution >= 0.6 is 0 Å². The molecule has 0 saturated carbocycles. The normalized spacial score (nSPS) is 16.1. The SMILES string of the molecule is [2H]c1nc(-n2c3[c-]c(Oc4[c-]c(N5[CH-]N(c6c(-c7cc(C(C)(C)C)cc(C(C)(C)C)c7)cccc6-c6c([2H])c([2H])c([2H])c([2H])c6[2H])c6ccccc65)ccc4)ccc3c3cc(-c4c([2H])c([2H])c([2H])c([2H])c4[2H])ccc32)c([2H])c(C([2H])([2H])[2H])c1[2H].[Pt]. The van der Waals surface area contributed by atoms with E-state index in [4.69, 9.17) is 22.6 Å². The number of ether oxygens (including phenoxy) is 1. The zero-order valence-electron chi connectivity index (χ0n) is 54.5. The van der Waals surface area contributed by atoms with Crippen LogP contribution in [0, 0.1) is 25.7 Å². The van der Waals surface area contributed by atoms with Gasteiger partial charge in [-0.05, 0) is 92.3 Å². The first-order valence-electron chi connectivity index (χ1n) is 30.1. The van der Waals surface area contributed by atoms with E-state index in [0.29, 0.717) is 38.9 Å². The summed E-state index contributed by atoms with van der Waals surface area (Å²) in [6.45, 7) is 11.8. The molecule has 0 spiro atoms. The van der Waals surface area contributed by atoms with Gasteiger partial charge < -0.3 is 19.1 Å². The van der Waals surface area contributed by atoms with Crippen LogP contribution in [0.15, 0.2) is 188 Å². The maximum Gasteiger partial charge on any atom is 0.135 e. The van der Waals surface area contributed by atoms with Gasteiger partial charge in [-0.3, -0.25) is 0 Å². The number of benzene rings is 8. The first-order valence-corrected chi connectivity index (χ1v) is 22.1. The first kappa shape index (κ1) is 30.3. The molecule has 0 bridgehead atoms. The summed E-state index contributed by atoms with van der Waals surface area (Å²) in [5.74, 6) is 0.0667. The predicted molar refractivity (Wildman–Crippen MR) is 283 cm³/mol. The van der Waals surface area contributed by atoms with Crippen LogP contribution in [0.4, 0.5) is 22.7 Å². The number of fused-ring (bicyclic) bond motifs is 4. The minimum Gasteiger partial charge on any atom is -0.509 e. The van der Waals surface area contributed by atoms with Crippen molar-refractivity contribution in [1.82, 2.24) is 9.55 Å². The van der Waals surface area contributed by atoms with Crippen molar-refractivity contribution in [2.24, 2.45) is 0 Å². The van der Waals surface area contributed by atoms with Gasteiger partial charge in [0.15, 0.2) is 0 Å². The molecule has 69 heavy (non-hydrogen) atoms. The molecule has 0 amide bonds. The second-order valence-electron chi connectivity index (χ2n) is 18.7. The second-order valence-corrected chi connectivity index (χ2v) is 18.7. The van der Waals surface area contributed by atoms with Crippen molar-refractivity contribution in [2.75, 3.05) is 9.80 Å². The summed E-state index contributed by atoms with van der Waals surface area (Å²) >= 11 is 0. The largest absolute Gasteiger partial charge is 0.509 e. The molecule has 0 N–H and O–H groups in total. The van der Waals surface area contributed by atoms with Gasteiger partial charge in [0.25, 0.3) is 0 Å². The van der Waals surface area contributed by atoms with E-state index in [9.17, 15) is 4.11 Å². The Kier molecular flexibility index (Phi) is 7.92. The van der Waals surface area contributed by atoms with Crippen LogP contribution in [-0.4, -0.2) is 9.55 Å². The molecule has 1 aliphatic rings. The van der Waals surface area contributed by atoms with E-state index in [1.54, 1.807) is 42.5 Å². The third kappa shape index (κ3) is 8.66. The van der Waals surface area contributed by atoms with Gasteiger partial charge in [0.1, 0.15) is 5.82 Å². The van der Waals surface area contributed by atoms with E-state index in [0.717, 1.165) is 27.9 Å². The second kappa shape index (κ2) is 18.0. The van der Waals surface area contributed by atoms with Crippen LogP contribution in [0.1, 0.15) is 80.2 Å². The minimum atomic E-state index is -2.97. The molecule has 10 aromatic rings. The van der Waals surface area contributed by atoms with Gasteiger partial charge >= 0.3 is 0 Å². The smallest absolute Gasteiger partial charge is 0.135 e. The number of anilines is 4. The average molecular weight is 1090 g/mol. The van der Waals surface area contributed by atoms with Gasteiger partial charge in [-0.15, -0.1) is 48.1 Å². The van der Waals surface area contributed by atoms with Crippen molar-refractivity contribution in [3.8, 4) is 50.7 Å². The molecule has 0 unspecified atom stereocenters. The van der Waals surface area contributed by atoms with Crippen LogP contribution < -0.4 is 14.5 Å². The Balaban J connectivity index is 0.00000803. The summed E-state index contributed by atoms with van der Waals surface area (Å²) in [7, 11) is 0. The van der Waals surface area contributed by atoms with Gasteiger partial charge in [-0.2, -0.15) is 12.1 Å². The Morgan fingerprint density at radius 3 is 1.94 bits per heavy atom. The zero-order valence-corrected chi connectivity index (χ0v) is 40.8. The van der Waals surface area contributed by atoms with Crippen molar-refractivity contribution in [1.29, 1.82) is 0 Å². The van der Waals surface area contributed by atoms with Crippen molar-refractivity contribution in [3.63, 3.8) is 0 Å². The molecule has 344 valence electrons. The fourth-order valence-corrected chi connectivity index (χ4v) is 8.68. The molecule has 3 heterocycles. The average Bonchev–Trinajstić information content (AvgIpc) is 1.78. The number of pyridine rings is 1. The van der Waals surface area contributed by atoms with Gasteiger partial charge in [-0.1, -0.05) is 168 Å². The van der Waals surface area contributed by atoms with E-state index < -0.39 is 79.0 Å². The predicted octanol–water partition coefficient (Wildman–Crippen LogP) is 16.9. The van der Waals surface area contributed by atoms with Gasteiger partial charge in [0.2, 0.25) is 0 Å². The molecular weight excluding hydrogens is 1020 g/mol. The summed E-state index contributed by atoms with van der Waals surface area (Å²) in [5.41, 5.74) is 6.30. The van der Waals surface area contributed by atoms with Gasteiger partial charge in [0.05, 0.1) is 17.8 Å². The van der Waals surface area contributed by atoms with Crippen molar-refractivity contribution in [3.05, 3.63) is 223 Å². The summed E-state index contributed by atoms with van der Waals surface area (Å²) in [4.78, 5) is 8.17. The van der Waals surface area contributed by atoms with Crippen LogP contribution in [-0.2, 0) is 31.9 Å². The molecule has 0 atom stereocenters. The van der Waals surface area contributed by atoms with Gasteiger partial charge in [-0.25, -0.2) is 4.98 Å². The number of rotatable bonds is 8. The number of hydrogen-bond donors (Lipinski definition) is 0. The topological polar surface area (TPSA) is 33.5 Å². The number of para-hydroxylation sites is 3. The Hall–Kier alpha value is -7.20. The van der Waals surface area contributed by atoms with Crippen molar-refractivity contribution >= 4 is 44.6 Å². The Bertz CT molecular complexity index is 4320. The maximum absolute atomic E-state index is 9.23. The van der Waals surface area contributed by atoms with Gasteiger partial charge in [0, 0.05) is 76.6 Å². The number of aromatic nitrogens is 2. The standard InChI is InChI=1S/C63H53N4O.Pt/c1-42-32-33-64-60(34-42)67-56-31-28-45(43-18-10-8-11-19-43)37-55(56)54-30-29-51(40-59(54)67)68-50-23-16-22-49(39-50)65-41-66(58-27-15-14-26-57(58)65)61-52(44-20-12-9-13-21-44)24-17-25-53(61)46-35-47(62(2,3)4)38-48(36-46)63(5,6)7;/h8-38,41H,1-7H3;/q-3;/i1D3,8D,9D,10D,11D,12D,13D,18D,19D,20D,21D,32D,33D,34D;. The number of hydrogen-bond acceptors (Lipinski definition) is 4. The van der Waals surface area contributed by atoms with Crippen molar-refractivity contribution < 1.29 is 47.7 Å². The Morgan fingerprint density at radius 2 is 1.25 bits per heavy atom. The van der Waals surface area contributed by atoms with E-state index in [2.05, 4.69) is 76.9 Å². The van der Waals surface area contributed by atoms with Crippen LogP contribution in [0.5, 0.6) is 11.5 Å². The fraction of sp³-hybridized carbons (Fsp3) is 0.143. The van der Waals surface area contributed by atoms with E-state index in [1.165, 1.54) is 10.6 Å². The molecule has 2 aromatic heterocycles.